The molecule has 12 aromatic rings. The summed E-state index contributed by atoms with van der Waals surface area (Å²) in [6.07, 6.45) is -11.3. The molecular formula is C82H73ClF9LiN6O10. The zero-order valence-electron chi connectivity index (χ0n) is 59.8. The fourth-order valence-corrected chi connectivity index (χ4v) is 12.2. The van der Waals surface area contributed by atoms with E-state index in [4.69, 9.17) is 26.8 Å². The molecule has 0 aliphatic rings. The first-order valence-corrected chi connectivity index (χ1v) is 33.8. The number of halogens is 10. The van der Waals surface area contributed by atoms with Crippen LogP contribution in [0, 0.1) is 20.8 Å². The van der Waals surface area contributed by atoms with Crippen molar-refractivity contribution in [2.75, 3.05) is 29.6 Å². The number of alkyl halides is 9. The molecule has 562 valence electrons. The van der Waals surface area contributed by atoms with E-state index in [2.05, 4.69) is 23.6 Å². The number of fused-ring (bicyclic) bond motifs is 3. The summed E-state index contributed by atoms with van der Waals surface area (Å²) < 4.78 is 128. The quantitative estimate of drug-likeness (QED) is 0.0195. The van der Waals surface area contributed by atoms with Crippen LogP contribution in [0.1, 0.15) is 112 Å². The van der Waals surface area contributed by atoms with Gasteiger partial charge in [-0.2, -0.15) is 39.5 Å². The third-order valence-electron chi connectivity index (χ3n) is 17.5. The Balaban J connectivity index is 0.000000211. The van der Waals surface area contributed by atoms with Gasteiger partial charge in [0.05, 0.1) is 29.9 Å². The summed E-state index contributed by atoms with van der Waals surface area (Å²) in [5, 5.41) is 17.1. The van der Waals surface area contributed by atoms with Crippen LogP contribution < -0.4 is 35.2 Å². The van der Waals surface area contributed by atoms with E-state index < -0.39 is 58.2 Å². The standard InChI is InChI=1S/C28H25F3N2O3.C26H21F3N2O3.C20H22N2O2.C8H4ClF3O.Li.H2O/c1-3-36-26(34)17-33-18(2)24(23-6-4-5-7-25(23)33)16-19-8-14-22(15-9-19)32-27(35)20-10-12-21(13-11-20)28(29,30)31;1-16-22(21-4-2-3-5-23(21)31(16)15-24(32)33)14-17-6-12-20(13-7-17)30-25(34)18-8-10-19(11-9-18)26(27,28)29;1-3-24-20(23)13-22-14(2)18(17-6-4-5-7-19(17)22)12-15-8-10-16(21)11-9-15;9-7(13)5-1-3-6(4-2-5)8(10,11)12;;/h4-15H,3,16-17H2,1-2H3,(H,32,35);2-13H,14-15H2,1H3,(H,30,34)(H,32,33);4-11H,3,12-13,21H2,1-2H3;1-4H;;1H2/q;;;;+1;/p-1. The van der Waals surface area contributed by atoms with E-state index in [1.54, 1.807) is 35.8 Å². The average Bonchev–Trinajstić information content (AvgIpc) is 1.64. The minimum absolute atomic E-state index is 0. The Morgan fingerprint density at radius 3 is 0.963 bits per heavy atom. The van der Waals surface area contributed by atoms with Gasteiger partial charge in [0.2, 0.25) is 0 Å². The second-order valence-electron chi connectivity index (χ2n) is 24.6. The maximum atomic E-state index is 12.7. The molecule has 0 bridgehead atoms. The summed E-state index contributed by atoms with van der Waals surface area (Å²) in [5.41, 5.74) is 17.8. The van der Waals surface area contributed by atoms with E-state index in [1.165, 1.54) is 16.5 Å². The van der Waals surface area contributed by atoms with Crippen molar-refractivity contribution in [3.05, 3.63) is 302 Å². The molecule has 0 saturated carbocycles. The number of hydrogen-bond acceptors (Lipinski definition) is 10. The number of hydrogen-bond donors (Lipinski definition) is 4. The summed E-state index contributed by atoms with van der Waals surface area (Å²) in [7, 11) is 0. The zero-order chi connectivity index (χ0) is 77.5. The van der Waals surface area contributed by atoms with E-state index >= 15 is 0 Å². The van der Waals surface area contributed by atoms with Crippen LogP contribution in [0.15, 0.2) is 218 Å². The molecule has 0 spiro atoms. The SMILES string of the molecule is CCOC(=O)Cn1c(C)c(Cc2ccc(N)cc2)c2ccccc21.CCOC(=O)Cn1c(C)c(Cc2ccc(NC(=O)c3ccc(C(F)(F)F)cc3)cc2)c2ccccc21.Cc1c(Cc2ccc(NC(=O)c3ccc(C(F)(F)F)cc3)cc2)c2ccccc2n1CC(=O)O.O=C(Cl)c1ccc(C(F)(F)F)cc1.[Li+].[OH-]. The number of esters is 2. The first kappa shape index (κ1) is 84.9. The van der Waals surface area contributed by atoms with E-state index in [0.29, 0.717) is 37.4 Å². The Hall–Kier alpha value is -11.4. The Morgan fingerprint density at radius 1 is 0.413 bits per heavy atom. The summed E-state index contributed by atoms with van der Waals surface area (Å²) in [6, 6.07) is 57.9. The van der Waals surface area contributed by atoms with Crippen molar-refractivity contribution < 1.29 is 107 Å². The van der Waals surface area contributed by atoms with Crippen molar-refractivity contribution >= 4 is 96.3 Å². The minimum Gasteiger partial charge on any atom is -0.870 e. The van der Waals surface area contributed by atoms with Gasteiger partial charge < -0.3 is 50.1 Å². The number of ether oxygens (including phenoxy) is 2. The maximum absolute atomic E-state index is 12.7. The fraction of sp³-hybridized carbons (Fsp3) is 0.195. The predicted molar refractivity (Wildman–Crippen MR) is 395 cm³/mol. The predicted octanol–water partition coefficient (Wildman–Crippen LogP) is 15.9. The molecule has 3 heterocycles. The van der Waals surface area contributed by atoms with E-state index in [-0.39, 0.29) is 72.6 Å². The number of para-hydroxylation sites is 3. The van der Waals surface area contributed by atoms with Gasteiger partial charge in [-0.1, -0.05) is 91.0 Å². The van der Waals surface area contributed by atoms with Gasteiger partial charge in [-0.15, -0.1) is 0 Å². The van der Waals surface area contributed by atoms with Crippen LogP contribution in [-0.4, -0.2) is 72.5 Å². The number of carboxylic acids is 1. The molecule has 27 heteroatoms. The van der Waals surface area contributed by atoms with Crippen molar-refractivity contribution in [1.29, 1.82) is 0 Å². The Kier molecular flexibility index (Phi) is 29.2. The first-order valence-electron chi connectivity index (χ1n) is 33.4. The number of nitrogens with zero attached hydrogens (tertiary/aromatic N) is 3. The number of aliphatic carboxylic acids is 1. The van der Waals surface area contributed by atoms with Crippen LogP contribution in [0.2, 0.25) is 0 Å². The molecule has 3 aromatic heterocycles. The van der Waals surface area contributed by atoms with Crippen molar-refractivity contribution in [3.8, 4) is 0 Å². The van der Waals surface area contributed by atoms with Crippen molar-refractivity contribution in [1.82, 2.24) is 13.7 Å². The van der Waals surface area contributed by atoms with E-state index in [9.17, 15) is 73.4 Å². The van der Waals surface area contributed by atoms with Gasteiger partial charge in [0.15, 0.2) is 0 Å². The van der Waals surface area contributed by atoms with E-state index in [0.717, 1.165) is 152 Å². The van der Waals surface area contributed by atoms with Gasteiger partial charge in [0.25, 0.3) is 17.1 Å². The number of nitrogens with two attached hydrogens (primary N) is 1. The number of benzene rings is 9. The molecule has 0 radical (unpaired) electrons. The smallest absolute Gasteiger partial charge is 0.870 e. The van der Waals surface area contributed by atoms with Gasteiger partial charge in [-0.25, -0.2) is 0 Å². The van der Waals surface area contributed by atoms with Gasteiger partial charge in [-0.3, -0.25) is 28.8 Å². The van der Waals surface area contributed by atoms with Gasteiger partial charge >= 0.3 is 55.3 Å². The van der Waals surface area contributed by atoms with Crippen molar-refractivity contribution in [3.63, 3.8) is 0 Å². The molecule has 2 amide bonds. The molecule has 9 aromatic carbocycles. The number of anilines is 3. The molecule has 16 nitrogen and oxygen atoms in total. The van der Waals surface area contributed by atoms with Crippen LogP contribution in [0.25, 0.3) is 32.7 Å². The second kappa shape index (κ2) is 37.4. The molecule has 109 heavy (non-hydrogen) atoms. The van der Waals surface area contributed by atoms with E-state index in [1.807, 2.05) is 145 Å². The van der Waals surface area contributed by atoms with Crippen LogP contribution in [0.4, 0.5) is 56.6 Å². The van der Waals surface area contributed by atoms with Crippen molar-refractivity contribution in [2.24, 2.45) is 0 Å². The number of rotatable bonds is 19. The first-order chi connectivity index (χ1) is 50.8. The van der Waals surface area contributed by atoms with Gasteiger partial charge in [-0.05, 0) is 226 Å². The third-order valence-corrected chi connectivity index (χ3v) is 17.7. The fourth-order valence-electron chi connectivity index (χ4n) is 12.1. The normalized spacial score (nSPS) is 11.1. The number of aromatic nitrogens is 3. The minimum atomic E-state index is -4.46. The molecular weight excluding hydrogens is 1440 g/mol. The number of nitrogens with one attached hydrogen (secondary N) is 2. The average molecular weight is 1520 g/mol. The monoisotopic (exact) mass is 1510 g/mol. The van der Waals surface area contributed by atoms with Gasteiger partial charge in [0.1, 0.15) is 19.6 Å². The Morgan fingerprint density at radius 2 is 0.688 bits per heavy atom. The van der Waals surface area contributed by atoms with Crippen LogP contribution in [0.3, 0.4) is 0 Å². The maximum Gasteiger partial charge on any atom is 1.00 e. The zero-order valence-corrected chi connectivity index (χ0v) is 60.6. The molecule has 12 rings (SSSR count). The number of carbonyl (C=O) groups is 6. The number of carbonyl (C=O) groups excluding carboxylic acids is 5. The van der Waals surface area contributed by atoms with Crippen LogP contribution in [-0.2, 0) is 81.3 Å². The second-order valence-corrected chi connectivity index (χ2v) is 24.9. The summed E-state index contributed by atoms with van der Waals surface area (Å²) >= 11 is 5.05. The summed E-state index contributed by atoms with van der Waals surface area (Å²) in [6.45, 7) is 10.5. The van der Waals surface area contributed by atoms with Gasteiger partial charge in [0, 0.05) is 83.5 Å². The topological polar surface area (TPSA) is 236 Å². The number of nitrogen functional groups attached to an aromatic ring is 1. The molecule has 0 atom stereocenters. The summed E-state index contributed by atoms with van der Waals surface area (Å²) in [4.78, 5) is 70.7. The van der Waals surface area contributed by atoms with Crippen molar-refractivity contribution in [2.45, 2.75) is 92.0 Å². The summed E-state index contributed by atoms with van der Waals surface area (Å²) in [5.74, 6) is -2.41. The Bertz CT molecular complexity index is 5160. The molecule has 0 unspecified atom stereocenters. The molecule has 6 N–H and O–H groups in total. The Labute approximate surface area is 637 Å². The molecule has 0 fully saturated rings. The largest absolute Gasteiger partial charge is 1.00 e. The number of amides is 2. The number of carboxylic acid groups (broad SMARTS) is 1. The molecule has 0 aliphatic carbocycles. The van der Waals surface area contributed by atoms with Crippen LogP contribution >= 0.6 is 11.6 Å². The molecule has 0 aliphatic heterocycles. The molecule has 0 saturated heterocycles. The third kappa shape index (κ3) is 22.2. The van der Waals surface area contributed by atoms with Crippen LogP contribution in [0.5, 0.6) is 0 Å².